The number of rotatable bonds is 5. The van der Waals surface area contributed by atoms with Crippen molar-refractivity contribution in [2.75, 3.05) is 7.05 Å². The molecule has 2 heteroatoms. The Morgan fingerprint density at radius 1 is 1.38 bits per heavy atom. The van der Waals surface area contributed by atoms with Crippen molar-refractivity contribution in [2.24, 2.45) is 5.92 Å². The zero-order valence-electron chi connectivity index (χ0n) is 10.7. The van der Waals surface area contributed by atoms with Gasteiger partial charge in [0.15, 0.2) is 0 Å². The fraction of sp³-hybridized carbons (Fsp3) is 0.571. The normalized spacial score (nSPS) is 14.8. The van der Waals surface area contributed by atoms with Crippen molar-refractivity contribution < 1.29 is 0 Å². The Morgan fingerprint density at radius 2 is 2.06 bits per heavy atom. The molecule has 1 aromatic carbocycles. The monoisotopic (exact) mass is 239 g/mol. The summed E-state index contributed by atoms with van der Waals surface area (Å²) in [6, 6.07) is 6.74. The van der Waals surface area contributed by atoms with Crippen LogP contribution in [0.4, 0.5) is 0 Å². The van der Waals surface area contributed by atoms with Crippen molar-refractivity contribution in [3.05, 3.63) is 34.3 Å². The Labute approximate surface area is 104 Å². The molecule has 0 aliphatic heterocycles. The Bertz CT molecular complexity index is 336. The minimum Gasteiger partial charge on any atom is -0.313 e. The predicted molar refractivity (Wildman–Crippen MR) is 72.1 cm³/mol. The molecule has 1 N–H and O–H groups in total. The first-order chi connectivity index (χ1) is 7.60. The van der Waals surface area contributed by atoms with Crippen LogP contribution in [-0.4, -0.2) is 7.05 Å². The lowest BCUT2D eigenvalue weighted by Crippen LogP contribution is -2.23. The van der Waals surface area contributed by atoms with Gasteiger partial charge >= 0.3 is 0 Å². The Morgan fingerprint density at radius 3 is 2.56 bits per heavy atom. The minimum absolute atomic E-state index is 0.427. The lowest BCUT2D eigenvalue weighted by molar-refractivity contribution is 0.384. The number of benzene rings is 1. The van der Waals surface area contributed by atoms with Crippen LogP contribution < -0.4 is 5.32 Å². The first-order valence-electron chi connectivity index (χ1n) is 6.03. The van der Waals surface area contributed by atoms with Crippen LogP contribution in [0.5, 0.6) is 0 Å². The van der Waals surface area contributed by atoms with Crippen LogP contribution in [0.1, 0.15) is 43.9 Å². The maximum atomic E-state index is 6.05. The lowest BCUT2D eigenvalue weighted by Gasteiger charge is -2.24. The largest absolute Gasteiger partial charge is 0.313 e. The molecule has 0 aromatic heterocycles. The Kier molecular flexibility index (Phi) is 5.30. The van der Waals surface area contributed by atoms with Gasteiger partial charge in [0, 0.05) is 11.1 Å². The van der Waals surface area contributed by atoms with Gasteiger partial charge in [-0.25, -0.2) is 0 Å². The van der Waals surface area contributed by atoms with Gasteiger partial charge in [0.05, 0.1) is 0 Å². The van der Waals surface area contributed by atoms with Crippen LogP contribution in [0.25, 0.3) is 0 Å². The van der Waals surface area contributed by atoms with E-state index in [9.17, 15) is 0 Å². The molecule has 16 heavy (non-hydrogen) atoms. The predicted octanol–water partition coefficient (Wildman–Crippen LogP) is 4.35. The second kappa shape index (κ2) is 6.27. The molecule has 0 saturated heterocycles. The summed E-state index contributed by atoms with van der Waals surface area (Å²) in [6.07, 6.45) is 2.47. The molecule has 0 fully saturated rings. The van der Waals surface area contributed by atoms with E-state index in [2.05, 4.69) is 38.2 Å². The number of nitrogens with one attached hydrogen (secondary N) is 1. The van der Waals surface area contributed by atoms with Gasteiger partial charge in [-0.05, 0) is 43.5 Å². The van der Waals surface area contributed by atoms with Crippen molar-refractivity contribution in [2.45, 2.75) is 39.7 Å². The van der Waals surface area contributed by atoms with Crippen LogP contribution in [0.15, 0.2) is 18.2 Å². The molecule has 2 unspecified atom stereocenters. The van der Waals surface area contributed by atoms with Crippen molar-refractivity contribution in [3.8, 4) is 0 Å². The summed E-state index contributed by atoms with van der Waals surface area (Å²) in [4.78, 5) is 0. The fourth-order valence-corrected chi connectivity index (χ4v) is 2.38. The first-order valence-corrected chi connectivity index (χ1v) is 6.41. The van der Waals surface area contributed by atoms with Crippen LogP contribution in [0.3, 0.4) is 0 Å². The molecule has 1 nitrogen and oxygen atoms in total. The topological polar surface area (TPSA) is 12.0 Å². The number of halogens is 1. The summed E-state index contributed by atoms with van der Waals surface area (Å²) < 4.78 is 0. The molecule has 0 saturated carbocycles. The van der Waals surface area contributed by atoms with Gasteiger partial charge in [0.25, 0.3) is 0 Å². The maximum Gasteiger partial charge on any atom is 0.0435 e. The molecular weight excluding hydrogens is 218 g/mol. The van der Waals surface area contributed by atoms with Crippen LogP contribution >= 0.6 is 11.6 Å². The van der Waals surface area contributed by atoms with E-state index in [1.807, 2.05) is 13.1 Å². The van der Waals surface area contributed by atoms with Gasteiger partial charge in [-0.1, -0.05) is 44.0 Å². The van der Waals surface area contributed by atoms with E-state index in [1.54, 1.807) is 0 Å². The summed E-state index contributed by atoms with van der Waals surface area (Å²) in [6.45, 7) is 6.59. The van der Waals surface area contributed by atoms with Gasteiger partial charge in [-0.15, -0.1) is 0 Å². The van der Waals surface area contributed by atoms with Crippen molar-refractivity contribution in [1.29, 1.82) is 0 Å². The molecule has 90 valence electrons. The highest BCUT2D eigenvalue weighted by Crippen LogP contribution is 2.27. The molecule has 0 amide bonds. The highest BCUT2D eigenvalue weighted by molar-refractivity contribution is 6.31. The molecule has 2 atom stereocenters. The average Bonchev–Trinajstić information content (AvgIpc) is 2.25. The van der Waals surface area contributed by atoms with Crippen molar-refractivity contribution >= 4 is 11.6 Å². The van der Waals surface area contributed by atoms with Crippen molar-refractivity contribution in [3.63, 3.8) is 0 Å². The van der Waals surface area contributed by atoms with Gasteiger partial charge in [-0.2, -0.15) is 0 Å². The SMILES string of the molecule is CCCC(C)C(NC)c1ccc(Cl)c(C)c1. The van der Waals surface area contributed by atoms with E-state index in [0.29, 0.717) is 12.0 Å². The van der Waals surface area contributed by atoms with E-state index in [4.69, 9.17) is 11.6 Å². The summed E-state index contributed by atoms with van der Waals surface area (Å²) in [5.41, 5.74) is 2.49. The number of aryl methyl sites for hydroxylation is 1. The van der Waals surface area contributed by atoms with E-state index in [0.717, 1.165) is 10.6 Å². The second-order valence-electron chi connectivity index (χ2n) is 4.54. The van der Waals surface area contributed by atoms with Gasteiger partial charge in [0.1, 0.15) is 0 Å². The highest BCUT2D eigenvalue weighted by atomic mass is 35.5. The minimum atomic E-state index is 0.427. The number of hydrogen-bond donors (Lipinski definition) is 1. The van der Waals surface area contributed by atoms with Crippen LogP contribution in [-0.2, 0) is 0 Å². The zero-order chi connectivity index (χ0) is 12.1. The van der Waals surface area contributed by atoms with Crippen molar-refractivity contribution in [1.82, 2.24) is 5.32 Å². The summed E-state index contributed by atoms with van der Waals surface area (Å²) >= 11 is 6.05. The summed E-state index contributed by atoms with van der Waals surface area (Å²) in [7, 11) is 2.03. The van der Waals surface area contributed by atoms with E-state index in [-0.39, 0.29) is 0 Å². The molecule has 0 radical (unpaired) electrons. The third-order valence-electron chi connectivity index (χ3n) is 3.17. The lowest BCUT2D eigenvalue weighted by atomic mass is 9.90. The van der Waals surface area contributed by atoms with E-state index in [1.165, 1.54) is 18.4 Å². The van der Waals surface area contributed by atoms with Gasteiger partial charge < -0.3 is 5.32 Å². The Hall–Kier alpha value is -0.530. The average molecular weight is 240 g/mol. The third-order valence-corrected chi connectivity index (χ3v) is 3.59. The fourth-order valence-electron chi connectivity index (χ4n) is 2.26. The molecule has 0 aliphatic carbocycles. The molecule has 0 aliphatic rings. The standard InChI is InChI=1S/C14H22ClN/c1-5-6-10(2)14(16-4)12-7-8-13(15)11(3)9-12/h7-10,14,16H,5-6H2,1-4H3. The molecule has 0 bridgehead atoms. The smallest absolute Gasteiger partial charge is 0.0435 e. The third kappa shape index (κ3) is 3.23. The Balaban J connectivity index is 2.90. The maximum absolute atomic E-state index is 6.05. The molecular formula is C14H22ClN. The first kappa shape index (κ1) is 13.5. The molecule has 1 aromatic rings. The summed E-state index contributed by atoms with van der Waals surface area (Å²) in [5, 5.41) is 4.26. The number of hydrogen-bond acceptors (Lipinski definition) is 1. The highest BCUT2D eigenvalue weighted by Gasteiger charge is 2.17. The quantitative estimate of drug-likeness (QED) is 0.806. The zero-order valence-corrected chi connectivity index (χ0v) is 11.4. The molecule has 0 heterocycles. The van der Waals surface area contributed by atoms with Gasteiger partial charge in [-0.3, -0.25) is 0 Å². The second-order valence-corrected chi connectivity index (χ2v) is 4.95. The molecule has 1 rings (SSSR count). The molecule has 0 spiro atoms. The van der Waals surface area contributed by atoms with E-state index < -0.39 is 0 Å². The van der Waals surface area contributed by atoms with Crippen LogP contribution in [0.2, 0.25) is 5.02 Å². The summed E-state index contributed by atoms with van der Waals surface area (Å²) in [5.74, 6) is 0.649. The van der Waals surface area contributed by atoms with E-state index >= 15 is 0 Å². The van der Waals surface area contributed by atoms with Gasteiger partial charge in [0.2, 0.25) is 0 Å². The van der Waals surface area contributed by atoms with Crippen LogP contribution in [0, 0.1) is 12.8 Å².